The van der Waals surface area contributed by atoms with E-state index in [1.807, 2.05) is 0 Å². The predicted octanol–water partition coefficient (Wildman–Crippen LogP) is 0.654. The van der Waals surface area contributed by atoms with Crippen LogP contribution in [-0.4, -0.2) is 27.0 Å². The Morgan fingerprint density at radius 1 is 1.50 bits per heavy atom. The lowest BCUT2D eigenvalue weighted by Crippen LogP contribution is -2.29. The van der Waals surface area contributed by atoms with E-state index in [1.165, 1.54) is 0 Å². The van der Waals surface area contributed by atoms with Gasteiger partial charge in [-0.05, 0) is 13.3 Å². The summed E-state index contributed by atoms with van der Waals surface area (Å²) in [5.41, 5.74) is 5.95. The lowest BCUT2D eigenvalue weighted by molar-refractivity contribution is 0.0956. The summed E-state index contributed by atoms with van der Waals surface area (Å²) in [6.07, 6.45) is 0.490. The predicted molar refractivity (Wildman–Crippen MR) is 51.5 cm³/mol. The van der Waals surface area contributed by atoms with Crippen LogP contribution in [0.1, 0.15) is 29.3 Å². The normalized spacial score (nSPS) is 12.8. The van der Waals surface area contributed by atoms with Crippen molar-refractivity contribution in [2.24, 2.45) is 5.73 Å². The van der Waals surface area contributed by atoms with Crippen molar-refractivity contribution in [1.82, 2.24) is 4.98 Å². The Hall–Kier alpha value is -1.49. The summed E-state index contributed by atoms with van der Waals surface area (Å²) < 4.78 is 0. The van der Waals surface area contributed by atoms with Gasteiger partial charge in [0.25, 0.3) is 0 Å². The van der Waals surface area contributed by atoms with Crippen LogP contribution in [0.3, 0.4) is 0 Å². The molecule has 1 aromatic heterocycles. The van der Waals surface area contributed by atoms with Crippen molar-refractivity contribution in [2.75, 3.05) is 0 Å². The second kappa shape index (κ2) is 3.71. The fourth-order valence-electron chi connectivity index (χ4n) is 1.24. The molecule has 78 valence electrons. The number of ketones is 1. The second-order valence-electron chi connectivity index (χ2n) is 3.20. The molecule has 0 radical (unpaired) electrons. The van der Waals surface area contributed by atoms with E-state index < -0.39 is 6.04 Å². The van der Waals surface area contributed by atoms with Gasteiger partial charge in [-0.1, -0.05) is 6.92 Å². The van der Waals surface area contributed by atoms with Gasteiger partial charge in [0.05, 0.1) is 11.6 Å². The van der Waals surface area contributed by atoms with Gasteiger partial charge in [0.1, 0.15) is 0 Å². The number of rotatable bonds is 3. The number of hydrogen-bond donors (Lipinski definition) is 4. The standard InChI is InChI=1S/C9H14N2O3/c1-3-5(10)7(12)6-4(2)8(13)11-9(6)14/h5,11,13-14H,3,10H2,1-2H3/t5-/m0/s1. The van der Waals surface area contributed by atoms with Gasteiger partial charge in [-0.3, -0.25) is 9.78 Å². The van der Waals surface area contributed by atoms with Crippen LogP contribution in [0.2, 0.25) is 0 Å². The third-order valence-corrected chi connectivity index (χ3v) is 2.23. The molecular formula is C9H14N2O3. The van der Waals surface area contributed by atoms with E-state index in [0.29, 0.717) is 12.0 Å². The highest BCUT2D eigenvalue weighted by molar-refractivity contribution is 6.03. The van der Waals surface area contributed by atoms with Gasteiger partial charge in [0.15, 0.2) is 11.7 Å². The first-order valence-corrected chi connectivity index (χ1v) is 4.39. The molecule has 0 saturated carbocycles. The summed E-state index contributed by atoms with van der Waals surface area (Å²) in [6.45, 7) is 3.32. The molecule has 1 heterocycles. The Kier molecular flexibility index (Phi) is 2.81. The van der Waals surface area contributed by atoms with Crippen molar-refractivity contribution in [3.63, 3.8) is 0 Å². The first-order valence-electron chi connectivity index (χ1n) is 4.39. The van der Waals surface area contributed by atoms with Gasteiger partial charge in [-0.25, -0.2) is 0 Å². The minimum Gasteiger partial charge on any atom is -0.494 e. The first kappa shape index (κ1) is 10.6. The molecule has 0 saturated heterocycles. The molecule has 1 atom stereocenters. The Morgan fingerprint density at radius 3 is 2.43 bits per heavy atom. The molecule has 0 spiro atoms. The zero-order valence-electron chi connectivity index (χ0n) is 8.16. The quantitative estimate of drug-likeness (QED) is 0.536. The summed E-state index contributed by atoms with van der Waals surface area (Å²) >= 11 is 0. The van der Waals surface area contributed by atoms with E-state index in [-0.39, 0.29) is 23.1 Å². The fraction of sp³-hybridized carbons (Fsp3) is 0.444. The van der Waals surface area contributed by atoms with Crippen molar-refractivity contribution >= 4 is 5.78 Å². The lowest BCUT2D eigenvalue weighted by atomic mass is 10.0. The van der Waals surface area contributed by atoms with E-state index in [4.69, 9.17) is 5.73 Å². The van der Waals surface area contributed by atoms with Crippen LogP contribution in [0, 0.1) is 6.92 Å². The number of aromatic amines is 1. The monoisotopic (exact) mass is 198 g/mol. The van der Waals surface area contributed by atoms with E-state index in [2.05, 4.69) is 4.98 Å². The highest BCUT2D eigenvalue weighted by Gasteiger charge is 2.23. The number of H-pyrrole nitrogens is 1. The van der Waals surface area contributed by atoms with Gasteiger partial charge < -0.3 is 15.9 Å². The summed E-state index contributed by atoms with van der Waals surface area (Å²) in [6, 6.07) is -0.644. The average Bonchev–Trinajstić information content (AvgIpc) is 2.39. The summed E-state index contributed by atoms with van der Waals surface area (Å²) in [5.74, 6) is -0.887. The number of aromatic nitrogens is 1. The molecule has 0 bridgehead atoms. The number of carbonyl (C=O) groups excluding carboxylic acids is 1. The van der Waals surface area contributed by atoms with Crippen LogP contribution >= 0.6 is 0 Å². The van der Waals surface area contributed by atoms with Crippen LogP contribution in [0.25, 0.3) is 0 Å². The minimum absolute atomic E-state index is 0.0804. The molecule has 5 heteroatoms. The maximum atomic E-state index is 11.6. The third-order valence-electron chi connectivity index (χ3n) is 2.23. The van der Waals surface area contributed by atoms with E-state index >= 15 is 0 Å². The van der Waals surface area contributed by atoms with Crippen molar-refractivity contribution in [3.8, 4) is 11.8 Å². The molecule has 1 rings (SSSR count). The summed E-state index contributed by atoms with van der Waals surface area (Å²) in [5, 5.41) is 18.6. The molecule has 5 N–H and O–H groups in total. The Balaban J connectivity index is 3.12. The molecular weight excluding hydrogens is 184 g/mol. The van der Waals surface area contributed by atoms with Gasteiger partial charge in [-0.15, -0.1) is 0 Å². The number of carbonyl (C=O) groups is 1. The number of nitrogens with one attached hydrogen (secondary N) is 1. The Morgan fingerprint density at radius 2 is 2.07 bits per heavy atom. The molecule has 0 unspecified atom stereocenters. The maximum Gasteiger partial charge on any atom is 0.202 e. The van der Waals surface area contributed by atoms with Crippen molar-refractivity contribution in [3.05, 3.63) is 11.1 Å². The molecule has 0 aliphatic rings. The number of aromatic hydroxyl groups is 2. The number of hydrogen-bond acceptors (Lipinski definition) is 4. The Labute approximate surface area is 81.6 Å². The average molecular weight is 198 g/mol. The Bertz CT molecular complexity index is 357. The van der Waals surface area contributed by atoms with Crippen molar-refractivity contribution < 1.29 is 15.0 Å². The van der Waals surface area contributed by atoms with Crippen LogP contribution in [0.15, 0.2) is 0 Å². The van der Waals surface area contributed by atoms with Crippen molar-refractivity contribution in [1.29, 1.82) is 0 Å². The summed E-state index contributed by atoms with van der Waals surface area (Å²) in [4.78, 5) is 13.9. The SMILES string of the molecule is CC[C@H](N)C(=O)c1c(O)[nH]c(O)c1C. The maximum absolute atomic E-state index is 11.6. The molecule has 0 amide bonds. The lowest BCUT2D eigenvalue weighted by Gasteiger charge is -2.06. The zero-order chi connectivity index (χ0) is 10.9. The van der Waals surface area contributed by atoms with Gasteiger partial charge in [0.2, 0.25) is 5.88 Å². The van der Waals surface area contributed by atoms with Crippen molar-refractivity contribution in [2.45, 2.75) is 26.3 Å². The summed E-state index contributed by atoms with van der Waals surface area (Å²) in [7, 11) is 0. The van der Waals surface area contributed by atoms with Gasteiger partial charge in [-0.2, -0.15) is 0 Å². The number of nitrogens with two attached hydrogens (primary N) is 1. The molecule has 1 aromatic rings. The van der Waals surface area contributed by atoms with Crippen LogP contribution in [0.4, 0.5) is 0 Å². The zero-order valence-corrected chi connectivity index (χ0v) is 8.16. The smallest absolute Gasteiger partial charge is 0.202 e. The minimum atomic E-state index is -0.644. The third kappa shape index (κ3) is 1.58. The molecule has 0 fully saturated rings. The van der Waals surface area contributed by atoms with E-state index in [0.717, 1.165) is 0 Å². The molecule has 0 aliphatic heterocycles. The van der Waals surface area contributed by atoms with Gasteiger partial charge >= 0.3 is 0 Å². The number of Topliss-reactive ketones (excluding diaryl/α,β-unsaturated/α-hetero) is 1. The highest BCUT2D eigenvalue weighted by Crippen LogP contribution is 2.29. The van der Waals surface area contributed by atoms with Crippen LogP contribution < -0.4 is 5.73 Å². The topological polar surface area (TPSA) is 99.3 Å². The fourth-order valence-corrected chi connectivity index (χ4v) is 1.24. The molecule has 0 aliphatic carbocycles. The first-order chi connectivity index (χ1) is 6.49. The second-order valence-corrected chi connectivity index (χ2v) is 3.20. The molecule has 0 aromatic carbocycles. The molecule has 5 nitrogen and oxygen atoms in total. The molecule has 14 heavy (non-hydrogen) atoms. The van der Waals surface area contributed by atoms with Gasteiger partial charge in [0, 0.05) is 5.56 Å². The van der Waals surface area contributed by atoms with Crippen LogP contribution in [-0.2, 0) is 0 Å². The van der Waals surface area contributed by atoms with E-state index in [9.17, 15) is 15.0 Å². The highest BCUT2D eigenvalue weighted by atomic mass is 16.3. The van der Waals surface area contributed by atoms with E-state index in [1.54, 1.807) is 13.8 Å². The largest absolute Gasteiger partial charge is 0.494 e. The van der Waals surface area contributed by atoms with Crippen LogP contribution in [0.5, 0.6) is 11.8 Å².